The Bertz CT molecular complexity index is 957. The number of carbonyl (C=O) groups is 1. The minimum Gasteiger partial charge on any atom is -0.300 e. The lowest BCUT2D eigenvalue weighted by molar-refractivity contribution is -0.116. The lowest BCUT2D eigenvalue weighted by Crippen LogP contribution is -2.44. The topological polar surface area (TPSA) is 29.4 Å². The zero-order valence-electron chi connectivity index (χ0n) is 17.3. The van der Waals surface area contributed by atoms with Gasteiger partial charge in [-0.05, 0) is 73.2 Å². The minimum absolute atomic E-state index is 0.0246. The van der Waals surface area contributed by atoms with Crippen LogP contribution in [0.25, 0.3) is 0 Å². The van der Waals surface area contributed by atoms with Crippen LogP contribution < -0.4 is 0 Å². The summed E-state index contributed by atoms with van der Waals surface area (Å²) in [4.78, 5) is 15.8. The Balaban J connectivity index is 1.93. The van der Waals surface area contributed by atoms with Gasteiger partial charge in [-0.2, -0.15) is 0 Å². The van der Waals surface area contributed by atoms with E-state index in [0.29, 0.717) is 29.1 Å². The van der Waals surface area contributed by atoms with Crippen molar-refractivity contribution in [2.24, 2.45) is 4.99 Å². The largest absolute Gasteiger partial charge is 0.300 e. The van der Waals surface area contributed by atoms with Crippen molar-refractivity contribution in [2.45, 2.75) is 58.3 Å². The molecule has 0 saturated heterocycles. The molecule has 0 amide bonds. The average molecular weight is 418 g/mol. The zero-order valence-corrected chi connectivity index (χ0v) is 18.0. The second-order valence-corrected chi connectivity index (χ2v) is 8.71. The summed E-state index contributed by atoms with van der Waals surface area (Å²) in [5.41, 5.74) is 3.67. The van der Waals surface area contributed by atoms with Crippen LogP contribution in [-0.4, -0.2) is 24.0 Å². The summed E-state index contributed by atoms with van der Waals surface area (Å²) in [6.45, 7) is 6.42. The lowest BCUT2D eigenvalue weighted by Gasteiger charge is -2.35. The van der Waals surface area contributed by atoms with Crippen LogP contribution in [-0.2, 0) is 16.6 Å². The predicted octanol–water partition coefficient (Wildman–Crippen LogP) is 6.26. The fourth-order valence-corrected chi connectivity index (χ4v) is 4.33. The first-order valence-electron chi connectivity index (χ1n) is 9.80. The zero-order chi connectivity index (χ0) is 21.4. The second-order valence-electron chi connectivity index (χ2n) is 8.27. The van der Waals surface area contributed by atoms with Crippen LogP contribution in [0, 0.1) is 13.8 Å². The molecule has 0 aliphatic carbocycles. The van der Waals surface area contributed by atoms with Gasteiger partial charge in [0.1, 0.15) is 5.78 Å². The maximum Gasteiger partial charge on any atom is 0.257 e. The Morgan fingerprint density at radius 2 is 1.93 bits per heavy atom. The molecule has 3 rings (SSSR count). The summed E-state index contributed by atoms with van der Waals surface area (Å²) in [7, 11) is 0. The van der Waals surface area contributed by atoms with Crippen molar-refractivity contribution >= 4 is 23.1 Å². The molecule has 0 saturated carbocycles. The Morgan fingerprint density at radius 3 is 2.52 bits per heavy atom. The highest BCUT2D eigenvalue weighted by Gasteiger charge is 2.54. The molecule has 2 nitrogen and oxygen atoms in total. The molecule has 0 bridgehead atoms. The van der Waals surface area contributed by atoms with Gasteiger partial charge < -0.3 is 4.79 Å². The molecule has 1 unspecified atom stereocenters. The van der Waals surface area contributed by atoms with Crippen LogP contribution in [0.2, 0.25) is 5.02 Å². The molecular formula is C24H26ClF2NO. The molecule has 2 aromatic rings. The van der Waals surface area contributed by atoms with Gasteiger partial charge in [0.2, 0.25) is 0 Å². The number of aliphatic imine (C=N–C) groups is 1. The number of hydrogen-bond acceptors (Lipinski definition) is 2. The number of benzene rings is 2. The van der Waals surface area contributed by atoms with Crippen molar-refractivity contribution in [3.63, 3.8) is 0 Å². The molecule has 2 aromatic carbocycles. The Morgan fingerprint density at radius 1 is 1.21 bits per heavy atom. The lowest BCUT2D eigenvalue weighted by atomic mass is 9.72. The van der Waals surface area contributed by atoms with Gasteiger partial charge in [-0.15, -0.1) is 0 Å². The van der Waals surface area contributed by atoms with E-state index in [2.05, 4.69) is 4.99 Å². The van der Waals surface area contributed by atoms with Gasteiger partial charge in [0.25, 0.3) is 5.92 Å². The molecule has 0 radical (unpaired) electrons. The maximum atomic E-state index is 14.9. The fraction of sp³-hybridized carbons (Fsp3) is 0.417. The predicted molar refractivity (Wildman–Crippen MR) is 115 cm³/mol. The summed E-state index contributed by atoms with van der Waals surface area (Å²) in [5.74, 6) is -2.80. The number of alkyl halides is 2. The van der Waals surface area contributed by atoms with Crippen LogP contribution in [0.1, 0.15) is 54.5 Å². The van der Waals surface area contributed by atoms with E-state index in [9.17, 15) is 13.6 Å². The van der Waals surface area contributed by atoms with Gasteiger partial charge >= 0.3 is 0 Å². The molecule has 1 aliphatic rings. The van der Waals surface area contributed by atoms with E-state index in [4.69, 9.17) is 11.6 Å². The average Bonchev–Trinajstić information content (AvgIpc) is 3.06. The van der Waals surface area contributed by atoms with Crippen molar-refractivity contribution in [3.05, 3.63) is 69.2 Å². The third-order valence-corrected chi connectivity index (χ3v) is 6.08. The summed E-state index contributed by atoms with van der Waals surface area (Å²) < 4.78 is 29.8. The van der Waals surface area contributed by atoms with Gasteiger partial charge in [-0.1, -0.05) is 29.8 Å². The Labute approximate surface area is 176 Å². The van der Waals surface area contributed by atoms with E-state index in [1.807, 2.05) is 32.0 Å². The van der Waals surface area contributed by atoms with E-state index in [1.54, 1.807) is 25.1 Å². The van der Waals surface area contributed by atoms with Gasteiger partial charge in [-0.3, -0.25) is 4.99 Å². The number of ketones is 1. The second kappa shape index (κ2) is 7.98. The third kappa shape index (κ3) is 4.42. The minimum atomic E-state index is -2.95. The van der Waals surface area contributed by atoms with Crippen LogP contribution in [0.15, 0.2) is 41.4 Å². The van der Waals surface area contributed by atoms with Crippen molar-refractivity contribution in [1.29, 1.82) is 0 Å². The van der Waals surface area contributed by atoms with Crippen LogP contribution in [0.5, 0.6) is 0 Å². The number of carbonyl (C=O) groups excluding carboxylic acids is 1. The molecule has 0 spiro atoms. The van der Waals surface area contributed by atoms with Crippen molar-refractivity contribution in [3.8, 4) is 0 Å². The molecule has 0 fully saturated rings. The standard InChI is InChI=1S/C24H26ClF2NO/c1-15-9-20(12-21(25)10-15)24(23(4,26)27)13-22(28-14-24)19-8-7-18(16(2)11-19)6-5-17(3)29/h7-12H,5-6,13-14H2,1-4H3. The van der Waals surface area contributed by atoms with Gasteiger partial charge in [-0.25, -0.2) is 8.78 Å². The first kappa shape index (κ1) is 21.6. The van der Waals surface area contributed by atoms with E-state index < -0.39 is 11.3 Å². The normalized spacial score (nSPS) is 19.3. The van der Waals surface area contributed by atoms with Crippen molar-refractivity contribution in [1.82, 2.24) is 0 Å². The highest BCUT2D eigenvalue weighted by Crippen LogP contribution is 2.47. The SMILES string of the molecule is CC(=O)CCc1ccc(C2=NCC(c3cc(C)cc(Cl)c3)(C(C)(F)F)C2)cc1C. The van der Waals surface area contributed by atoms with E-state index in [-0.39, 0.29) is 18.7 Å². The van der Waals surface area contributed by atoms with Crippen LogP contribution in [0.3, 0.4) is 0 Å². The Hall–Kier alpha value is -2.07. The molecule has 5 heteroatoms. The summed E-state index contributed by atoms with van der Waals surface area (Å²) in [5, 5.41) is 0.461. The monoisotopic (exact) mass is 417 g/mol. The molecular weight excluding hydrogens is 392 g/mol. The molecule has 1 heterocycles. The van der Waals surface area contributed by atoms with Gasteiger partial charge in [0.15, 0.2) is 0 Å². The van der Waals surface area contributed by atoms with E-state index in [1.165, 1.54) is 0 Å². The highest BCUT2D eigenvalue weighted by atomic mass is 35.5. The molecule has 29 heavy (non-hydrogen) atoms. The first-order valence-corrected chi connectivity index (χ1v) is 10.2. The number of rotatable bonds is 6. The molecule has 0 N–H and O–H groups in total. The number of nitrogens with zero attached hydrogens (tertiary/aromatic N) is 1. The van der Waals surface area contributed by atoms with Gasteiger partial charge in [0.05, 0.1) is 12.0 Å². The number of aryl methyl sites for hydroxylation is 3. The molecule has 154 valence electrons. The first-order chi connectivity index (χ1) is 13.5. The molecule has 1 aliphatic heterocycles. The smallest absolute Gasteiger partial charge is 0.257 e. The number of halogens is 3. The highest BCUT2D eigenvalue weighted by molar-refractivity contribution is 6.30. The number of hydrogen-bond donors (Lipinski definition) is 0. The maximum absolute atomic E-state index is 14.9. The van der Waals surface area contributed by atoms with Gasteiger partial charge in [0, 0.05) is 30.5 Å². The fourth-order valence-electron chi connectivity index (χ4n) is 4.04. The van der Waals surface area contributed by atoms with Crippen molar-refractivity contribution < 1.29 is 13.6 Å². The molecule has 0 aromatic heterocycles. The number of Topliss-reactive ketones (excluding diaryl/α,β-unsaturated/α-hetero) is 1. The summed E-state index contributed by atoms with van der Waals surface area (Å²) in [6, 6.07) is 11.1. The quantitative estimate of drug-likeness (QED) is 0.545. The van der Waals surface area contributed by atoms with Crippen LogP contribution >= 0.6 is 11.6 Å². The third-order valence-electron chi connectivity index (χ3n) is 5.87. The van der Waals surface area contributed by atoms with E-state index >= 15 is 0 Å². The van der Waals surface area contributed by atoms with Crippen molar-refractivity contribution in [2.75, 3.05) is 6.54 Å². The summed E-state index contributed by atoms with van der Waals surface area (Å²) in [6.07, 6.45) is 1.34. The Kier molecular flexibility index (Phi) is 5.96. The molecule has 1 atom stereocenters. The van der Waals surface area contributed by atoms with Crippen LogP contribution in [0.4, 0.5) is 8.78 Å². The van der Waals surface area contributed by atoms with E-state index in [0.717, 1.165) is 29.2 Å². The summed E-state index contributed by atoms with van der Waals surface area (Å²) >= 11 is 6.18.